The van der Waals surface area contributed by atoms with Gasteiger partial charge in [0.15, 0.2) is 0 Å². The fraction of sp³-hybridized carbons (Fsp3) is 0. The number of non-ortho nitro benzene ring substituents is 1. The molecule has 0 heterocycles. The highest BCUT2D eigenvalue weighted by molar-refractivity contribution is 6.34. The van der Waals surface area contributed by atoms with Crippen molar-refractivity contribution in [2.75, 3.05) is 5.32 Å². The number of nitro groups is 1. The van der Waals surface area contributed by atoms with Crippen LogP contribution in [0.1, 0.15) is 10.4 Å². The molecule has 0 radical (unpaired) electrons. The Labute approximate surface area is 123 Å². The summed E-state index contributed by atoms with van der Waals surface area (Å²) in [6.45, 7) is 0. The van der Waals surface area contributed by atoms with Crippen molar-refractivity contribution in [2.45, 2.75) is 0 Å². The zero-order valence-corrected chi connectivity index (χ0v) is 11.2. The number of phenolic OH excluding ortho intramolecular Hbond substituents is 2. The zero-order chi connectivity index (χ0) is 15.6. The van der Waals surface area contributed by atoms with E-state index in [9.17, 15) is 25.1 Å². The van der Waals surface area contributed by atoms with Crippen LogP contribution in [0, 0.1) is 10.1 Å². The van der Waals surface area contributed by atoms with E-state index >= 15 is 0 Å². The Bertz CT molecular complexity index is 732. The number of halogens is 1. The molecule has 1 amide bonds. The Balaban J connectivity index is 2.33. The summed E-state index contributed by atoms with van der Waals surface area (Å²) in [5.74, 6) is -1.20. The van der Waals surface area contributed by atoms with E-state index in [-0.39, 0.29) is 33.5 Å². The topological polar surface area (TPSA) is 113 Å². The quantitative estimate of drug-likeness (QED) is 0.458. The molecule has 2 rings (SSSR count). The second kappa shape index (κ2) is 5.68. The van der Waals surface area contributed by atoms with Crippen LogP contribution in [-0.4, -0.2) is 21.0 Å². The number of benzene rings is 2. The Morgan fingerprint density at radius 1 is 1.19 bits per heavy atom. The number of anilines is 1. The minimum absolute atomic E-state index is 0.0254. The summed E-state index contributed by atoms with van der Waals surface area (Å²) in [5.41, 5.74) is -0.443. The average Bonchev–Trinajstić information content (AvgIpc) is 2.43. The van der Waals surface area contributed by atoms with Gasteiger partial charge in [0.05, 0.1) is 21.2 Å². The van der Waals surface area contributed by atoms with Crippen LogP contribution in [0.4, 0.5) is 11.4 Å². The minimum atomic E-state index is -0.716. The molecule has 108 valence electrons. The molecule has 0 saturated heterocycles. The fourth-order valence-electron chi connectivity index (χ4n) is 1.61. The number of carbonyl (C=O) groups is 1. The molecule has 0 unspecified atom stereocenters. The van der Waals surface area contributed by atoms with Gasteiger partial charge in [-0.3, -0.25) is 14.9 Å². The molecule has 2 aromatic carbocycles. The molecule has 0 atom stereocenters. The monoisotopic (exact) mass is 308 g/mol. The van der Waals surface area contributed by atoms with Gasteiger partial charge in [-0.15, -0.1) is 0 Å². The van der Waals surface area contributed by atoms with Gasteiger partial charge in [-0.2, -0.15) is 0 Å². The smallest absolute Gasteiger partial charge is 0.271 e. The van der Waals surface area contributed by atoms with E-state index in [0.29, 0.717) is 0 Å². The highest BCUT2D eigenvalue weighted by Crippen LogP contribution is 2.29. The van der Waals surface area contributed by atoms with Crippen molar-refractivity contribution in [1.29, 1.82) is 0 Å². The van der Waals surface area contributed by atoms with Crippen LogP contribution < -0.4 is 5.32 Å². The molecule has 8 heteroatoms. The van der Waals surface area contributed by atoms with Gasteiger partial charge in [0.25, 0.3) is 11.6 Å². The van der Waals surface area contributed by atoms with Gasteiger partial charge in [-0.1, -0.05) is 11.6 Å². The SMILES string of the molecule is O=C(Nc1cc([N+](=O)[O-])ccc1O)c1cc(O)ccc1Cl. The highest BCUT2D eigenvalue weighted by Gasteiger charge is 2.16. The lowest BCUT2D eigenvalue weighted by molar-refractivity contribution is -0.384. The summed E-state index contributed by atoms with van der Waals surface area (Å²) >= 11 is 5.84. The van der Waals surface area contributed by atoms with Crippen LogP contribution in [0.15, 0.2) is 36.4 Å². The standard InChI is InChI=1S/C13H9ClN2O5/c14-10-3-2-8(17)6-9(10)13(19)15-11-5-7(16(20)21)1-4-12(11)18/h1-6,17-18H,(H,15,19). The number of nitrogens with zero attached hydrogens (tertiary/aromatic N) is 1. The van der Waals surface area contributed by atoms with E-state index in [4.69, 9.17) is 11.6 Å². The number of aromatic hydroxyl groups is 2. The second-order valence-corrected chi connectivity index (χ2v) is 4.48. The van der Waals surface area contributed by atoms with Crippen LogP contribution in [0.5, 0.6) is 11.5 Å². The molecule has 21 heavy (non-hydrogen) atoms. The van der Waals surface area contributed by atoms with Crippen molar-refractivity contribution in [2.24, 2.45) is 0 Å². The fourth-order valence-corrected chi connectivity index (χ4v) is 1.82. The lowest BCUT2D eigenvalue weighted by Gasteiger charge is -2.08. The Hall–Kier alpha value is -2.80. The maximum atomic E-state index is 12.0. The van der Waals surface area contributed by atoms with Crippen LogP contribution in [0.3, 0.4) is 0 Å². The number of hydrogen-bond donors (Lipinski definition) is 3. The molecule has 2 aromatic rings. The van der Waals surface area contributed by atoms with Gasteiger partial charge in [-0.05, 0) is 24.3 Å². The first kappa shape index (κ1) is 14.6. The molecule has 0 aliphatic heterocycles. The molecule has 0 aliphatic rings. The van der Waals surface area contributed by atoms with Crippen LogP contribution in [-0.2, 0) is 0 Å². The maximum absolute atomic E-state index is 12.0. The number of hydrogen-bond acceptors (Lipinski definition) is 5. The van der Waals surface area contributed by atoms with E-state index in [1.54, 1.807) is 0 Å². The first-order chi connectivity index (χ1) is 9.88. The second-order valence-electron chi connectivity index (χ2n) is 4.08. The van der Waals surface area contributed by atoms with Crippen molar-refractivity contribution < 1.29 is 19.9 Å². The predicted octanol–water partition coefficient (Wildman–Crippen LogP) is 2.91. The predicted molar refractivity (Wildman–Crippen MR) is 75.8 cm³/mol. The van der Waals surface area contributed by atoms with Crippen molar-refractivity contribution >= 4 is 28.9 Å². The normalized spacial score (nSPS) is 10.1. The van der Waals surface area contributed by atoms with Crippen LogP contribution in [0.25, 0.3) is 0 Å². The van der Waals surface area contributed by atoms with Gasteiger partial charge in [0, 0.05) is 12.1 Å². The highest BCUT2D eigenvalue weighted by atomic mass is 35.5. The van der Waals surface area contributed by atoms with Crippen molar-refractivity contribution in [1.82, 2.24) is 0 Å². The number of rotatable bonds is 3. The van der Waals surface area contributed by atoms with E-state index in [1.165, 1.54) is 12.1 Å². The van der Waals surface area contributed by atoms with Gasteiger partial charge in [0.1, 0.15) is 11.5 Å². The Morgan fingerprint density at radius 2 is 1.90 bits per heavy atom. The number of amides is 1. The van der Waals surface area contributed by atoms with E-state index < -0.39 is 10.8 Å². The molecular weight excluding hydrogens is 300 g/mol. The van der Waals surface area contributed by atoms with E-state index in [1.807, 2.05) is 0 Å². The van der Waals surface area contributed by atoms with Crippen LogP contribution in [0.2, 0.25) is 5.02 Å². The Kier molecular flexibility index (Phi) is 3.95. The van der Waals surface area contributed by atoms with Gasteiger partial charge in [0.2, 0.25) is 0 Å². The van der Waals surface area contributed by atoms with Gasteiger partial charge >= 0.3 is 0 Å². The summed E-state index contributed by atoms with van der Waals surface area (Å²) in [6.07, 6.45) is 0. The molecule has 0 fully saturated rings. The van der Waals surface area contributed by atoms with Crippen molar-refractivity contribution in [3.05, 3.63) is 57.1 Å². The molecular formula is C13H9ClN2O5. The lowest BCUT2D eigenvalue weighted by Crippen LogP contribution is -2.12. The first-order valence-electron chi connectivity index (χ1n) is 5.66. The van der Waals surface area contributed by atoms with Crippen molar-refractivity contribution in [3.8, 4) is 11.5 Å². The van der Waals surface area contributed by atoms with E-state index in [2.05, 4.69) is 5.32 Å². The molecule has 0 spiro atoms. The molecule has 0 aromatic heterocycles. The van der Waals surface area contributed by atoms with Crippen LogP contribution >= 0.6 is 11.6 Å². The summed E-state index contributed by atoms with van der Waals surface area (Å²) in [7, 11) is 0. The number of phenols is 2. The first-order valence-corrected chi connectivity index (χ1v) is 6.03. The van der Waals surface area contributed by atoms with E-state index in [0.717, 1.165) is 24.3 Å². The zero-order valence-electron chi connectivity index (χ0n) is 10.4. The number of nitrogens with one attached hydrogen (secondary N) is 1. The summed E-state index contributed by atoms with van der Waals surface area (Å²) < 4.78 is 0. The molecule has 0 bridgehead atoms. The summed E-state index contributed by atoms with van der Waals surface area (Å²) in [6, 6.07) is 7.00. The Morgan fingerprint density at radius 3 is 2.57 bits per heavy atom. The minimum Gasteiger partial charge on any atom is -0.508 e. The molecule has 3 N–H and O–H groups in total. The molecule has 0 saturated carbocycles. The third-order valence-electron chi connectivity index (χ3n) is 2.63. The third-order valence-corrected chi connectivity index (χ3v) is 2.96. The largest absolute Gasteiger partial charge is 0.508 e. The van der Waals surface area contributed by atoms with Gasteiger partial charge < -0.3 is 15.5 Å². The summed E-state index contributed by atoms with van der Waals surface area (Å²) in [5, 5.41) is 32.0. The summed E-state index contributed by atoms with van der Waals surface area (Å²) in [4.78, 5) is 22.1. The lowest BCUT2D eigenvalue weighted by atomic mass is 10.2. The number of carbonyl (C=O) groups excluding carboxylic acids is 1. The average molecular weight is 309 g/mol. The number of nitro benzene ring substituents is 1. The van der Waals surface area contributed by atoms with Gasteiger partial charge in [-0.25, -0.2) is 0 Å². The third kappa shape index (κ3) is 3.21. The molecule has 7 nitrogen and oxygen atoms in total. The van der Waals surface area contributed by atoms with Crippen molar-refractivity contribution in [3.63, 3.8) is 0 Å². The molecule has 0 aliphatic carbocycles. The maximum Gasteiger partial charge on any atom is 0.271 e.